The summed E-state index contributed by atoms with van der Waals surface area (Å²) in [6.45, 7) is 3.61. The highest BCUT2D eigenvalue weighted by Gasteiger charge is 2.16. The third-order valence-corrected chi connectivity index (χ3v) is 2.47. The first-order chi connectivity index (χ1) is 6.66. The van der Waals surface area contributed by atoms with Gasteiger partial charge in [0.05, 0.1) is 5.56 Å². The van der Waals surface area contributed by atoms with E-state index in [-0.39, 0.29) is 11.3 Å². The van der Waals surface area contributed by atoms with Crippen molar-refractivity contribution in [3.8, 4) is 5.75 Å². The monoisotopic (exact) mass is 191 g/mol. The number of benzene rings is 1. The highest BCUT2D eigenvalue weighted by Crippen LogP contribution is 2.30. The van der Waals surface area contributed by atoms with Crippen LogP contribution >= 0.6 is 0 Å². The Kier molecular flexibility index (Phi) is 1.73. The number of carbonyl (C=O) groups is 1. The number of aryl methyl sites for hydroxylation is 1. The van der Waals surface area contributed by atoms with Crippen LogP contribution in [0.4, 0.5) is 0 Å². The van der Waals surface area contributed by atoms with Crippen molar-refractivity contribution in [1.82, 2.24) is 15.4 Å². The van der Waals surface area contributed by atoms with Gasteiger partial charge in [0.1, 0.15) is 5.52 Å². The summed E-state index contributed by atoms with van der Waals surface area (Å²) in [7, 11) is 0. The summed E-state index contributed by atoms with van der Waals surface area (Å²) in [5.74, 6) is -0.105. The van der Waals surface area contributed by atoms with Crippen molar-refractivity contribution >= 4 is 17.3 Å². The van der Waals surface area contributed by atoms with Crippen LogP contribution in [-0.2, 0) is 0 Å². The van der Waals surface area contributed by atoms with Gasteiger partial charge in [-0.3, -0.25) is 4.79 Å². The van der Waals surface area contributed by atoms with E-state index in [1.807, 2.05) is 6.92 Å². The number of aldehydes is 1. The second-order valence-corrected chi connectivity index (χ2v) is 3.15. The molecule has 1 heterocycles. The van der Waals surface area contributed by atoms with Gasteiger partial charge in [-0.15, -0.1) is 0 Å². The summed E-state index contributed by atoms with van der Waals surface area (Å²) >= 11 is 0. The van der Waals surface area contributed by atoms with Crippen LogP contribution in [0.25, 0.3) is 11.0 Å². The van der Waals surface area contributed by atoms with Crippen LogP contribution in [0.3, 0.4) is 0 Å². The molecule has 1 aromatic heterocycles. The molecule has 2 aromatic rings. The minimum absolute atomic E-state index is 0.105. The first-order valence-corrected chi connectivity index (χ1v) is 4.14. The van der Waals surface area contributed by atoms with Gasteiger partial charge in [-0.2, -0.15) is 15.4 Å². The predicted octanol–water partition coefficient (Wildman–Crippen LogP) is 1.09. The Balaban J connectivity index is 3.01. The Morgan fingerprint density at radius 1 is 1.21 bits per heavy atom. The van der Waals surface area contributed by atoms with E-state index in [0.717, 1.165) is 11.1 Å². The molecule has 1 aromatic carbocycles. The molecule has 2 N–H and O–H groups in total. The lowest BCUT2D eigenvalue weighted by Gasteiger charge is -2.05. The number of nitrogens with one attached hydrogen (secondary N) is 1. The van der Waals surface area contributed by atoms with Gasteiger partial charge in [0.25, 0.3) is 0 Å². The zero-order chi connectivity index (χ0) is 10.3. The maximum Gasteiger partial charge on any atom is 0.156 e. The van der Waals surface area contributed by atoms with Gasteiger partial charge >= 0.3 is 0 Å². The smallest absolute Gasteiger partial charge is 0.156 e. The largest absolute Gasteiger partial charge is 0.505 e. The predicted molar refractivity (Wildman–Crippen MR) is 50.4 cm³/mol. The number of fused-ring (bicyclic) bond motifs is 1. The van der Waals surface area contributed by atoms with Gasteiger partial charge in [0.2, 0.25) is 0 Å². The first-order valence-electron chi connectivity index (χ1n) is 4.14. The number of aromatic nitrogens is 3. The lowest BCUT2D eigenvalue weighted by Crippen LogP contribution is -1.93. The normalized spacial score (nSPS) is 10.7. The zero-order valence-corrected chi connectivity index (χ0v) is 7.83. The van der Waals surface area contributed by atoms with E-state index in [1.165, 1.54) is 0 Å². The molecule has 0 aliphatic heterocycles. The molecule has 5 nitrogen and oxygen atoms in total. The van der Waals surface area contributed by atoms with Crippen molar-refractivity contribution < 1.29 is 9.90 Å². The molecule has 0 atom stereocenters. The maximum absolute atomic E-state index is 10.7. The van der Waals surface area contributed by atoms with Crippen molar-refractivity contribution in [2.24, 2.45) is 0 Å². The number of hydrogen-bond acceptors (Lipinski definition) is 4. The number of hydrogen-bond donors (Lipinski definition) is 2. The Morgan fingerprint density at radius 2 is 1.86 bits per heavy atom. The van der Waals surface area contributed by atoms with Crippen LogP contribution in [0.5, 0.6) is 5.75 Å². The van der Waals surface area contributed by atoms with E-state index in [1.54, 1.807) is 6.92 Å². The maximum atomic E-state index is 10.7. The molecule has 5 heteroatoms. The van der Waals surface area contributed by atoms with E-state index in [0.29, 0.717) is 17.3 Å². The molecule has 0 radical (unpaired) electrons. The quantitative estimate of drug-likeness (QED) is 0.661. The first kappa shape index (κ1) is 8.68. The highest BCUT2D eigenvalue weighted by molar-refractivity contribution is 5.95. The van der Waals surface area contributed by atoms with Gasteiger partial charge in [-0.25, -0.2) is 0 Å². The molecule has 0 aliphatic carbocycles. The Bertz CT molecular complexity index is 516. The van der Waals surface area contributed by atoms with E-state index >= 15 is 0 Å². The van der Waals surface area contributed by atoms with E-state index in [2.05, 4.69) is 15.4 Å². The summed E-state index contributed by atoms with van der Waals surface area (Å²) in [6, 6.07) is 0. The summed E-state index contributed by atoms with van der Waals surface area (Å²) in [5, 5.41) is 19.8. The molecule has 0 fully saturated rings. The number of rotatable bonds is 1. The van der Waals surface area contributed by atoms with Crippen molar-refractivity contribution in [1.29, 1.82) is 0 Å². The molecule has 0 saturated carbocycles. The summed E-state index contributed by atoms with van der Waals surface area (Å²) < 4.78 is 0. The minimum Gasteiger partial charge on any atom is -0.505 e. The van der Waals surface area contributed by atoms with Crippen LogP contribution < -0.4 is 0 Å². The van der Waals surface area contributed by atoms with E-state index in [4.69, 9.17) is 0 Å². The van der Waals surface area contributed by atoms with Gasteiger partial charge in [0.15, 0.2) is 17.6 Å². The Labute approximate surface area is 79.7 Å². The van der Waals surface area contributed by atoms with Gasteiger partial charge in [-0.05, 0) is 25.0 Å². The molecule has 0 aliphatic rings. The fourth-order valence-corrected chi connectivity index (χ4v) is 1.49. The number of nitrogens with zero attached hydrogens (tertiary/aromatic N) is 2. The molecule has 0 saturated heterocycles. The van der Waals surface area contributed by atoms with E-state index < -0.39 is 0 Å². The van der Waals surface area contributed by atoms with Crippen LogP contribution in [0.15, 0.2) is 0 Å². The molecule has 72 valence electrons. The fraction of sp³-hybridized carbons (Fsp3) is 0.222. The average molecular weight is 191 g/mol. The third-order valence-electron chi connectivity index (χ3n) is 2.47. The topological polar surface area (TPSA) is 78.9 Å². The number of carbonyl (C=O) groups excluding carboxylic acids is 1. The second kappa shape index (κ2) is 2.80. The molecule has 0 unspecified atom stereocenters. The molecule has 0 bridgehead atoms. The van der Waals surface area contributed by atoms with Gasteiger partial charge in [-0.1, -0.05) is 0 Å². The highest BCUT2D eigenvalue weighted by atomic mass is 16.3. The van der Waals surface area contributed by atoms with Crippen LogP contribution in [0, 0.1) is 13.8 Å². The minimum atomic E-state index is -0.105. The summed E-state index contributed by atoms with van der Waals surface area (Å²) in [4.78, 5) is 10.7. The molecule has 2 rings (SSSR count). The average Bonchev–Trinajstić information content (AvgIpc) is 2.64. The molecular weight excluding hydrogens is 182 g/mol. The SMILES string of the molecule is Cc1c(C=O)c(O)c2n[nH]nc2c1C. The lowest BCUT2D eigenvalue weighted by atomic mass is 10.0. The van der Waals surface area contributed by atoms with Crippen LogP contribution in [0.1, 0.15) is 21.5 Å². The van der Waals surface area contributed by atoms with Crippen molar-refractivity contribution in [2.75, 3.05) is 0 Å². The summed E-state index contributed by atoms with van der Waals surface area (Å²) in [6.07, 6.45) is 0.631. The standard InChI is InChI=1S/C9H9N3O2/c1-4-5(2)7-8(11-12-10-7)9(14)6(4)3-13/h3,14H,1-2H3,(H,10,11,12). The fourth-order valence-electron chi connectivity index (χ4n) is 1.49. The third kappa shape index (κ3) is 0.921. The number of H-pyrrole nitrogens is 1. The van der Waals surface area contributed by atoms with Crippen molar-refractivity contribution in [3.63, 3.8) is 0 Å². The van der Waals surface area contributed by atoms with Crippen LogP contribution in [-0.4, -0.2) is 26.8 Å². The van der Waals surface area contributed by atoms with E-state index in [9.17, 15) is 9.90 Å². The molecule has 0 spiro atoms. The van der Waals surface area contributed by atoms with Crippen molar-refractivity contribution in [2.45, 2.75) is 13.8 Å². The summed E-state index contributed by atoms with van der Waals surface area (Å²) in [5.41, 5.74) is 2.82. The van der Waals surface area contributed by atoms with Gasteiger partial charge < -0.3 is 5.11 Å². The molecule has 0 amide bonds. The van der Waals surface area contributed by atoms with Gasteiger partial charge in [0, 0.05) is 0 Å². The van der Waals surface area contributed by atoms with Crippen molar-refractivity contribution in [3.05, 3.63) is 16.7 Å². The number of phenolic OH excluding ortho intramolecular Hbond substituents is 1. The lowest BCUT2D eigenvalue weighted by molar-refractivity contribution is 0.112. The zero-order valence-electron chi connectivity index (χ0n) is 7.83. The van der Waals surface area contributed by atoms with Crippen LogP contribution in [0.2, 0.25) is 0 Å². The number of phenols is 1. The second-order valence-electron chi connectivity index (χ2n) is 3.15. The molecular formula is C9H9N3O2. The number of aromatic hydroxyl groups is 1. The molecule has 14 heavy (non-hydrogen) atoms. The number of aromatic amines is 1. The Hall–Kier alpha value is -1.91. The Morgan fingerprint density at radius 3 is 2.50 bits per heavy atom.